The minimum Gasteiger partial charge on any atom is -0.444 e. The Balaban J connectivity index is 1.58. The molecule has 1 aliphatic heterocycles. The second kappa shape index (κ2) is 6.46. The molecule has 4 heteroatoms. The molecule has 2 heterocycles. The Morgan fingerprint density at radius 1 is 1.22 bits per heavy atom. The quantitative estimate of drug-likeness (QED) is 0.920. The number of hydrogen-bond donors (Lipinski definition) is 1. The van der Waals surface area contributed by atoms with Crippen LogP contribution in [0, 0.1) is 13.8 Å². The number of rotatable bonds is 5. The van der Waals surface area contributed by atoms with E-state index in [1.807, 2.05) is 13.8 Å². The van der Waals surface area contributed by atoms with E-state index in [-0.39, 0.29) is 5.54 Å². The molecule has 1 aliphatic rings. The molecule has 1 N–H and O–H groups in total. The zero-order chi connectivity index (χ0) is 16.4. The largest absolute Gasteiger partial charge is 0.444 e. The summed E-state index contributed by atoms with van der Waals surface area (Å²) >= 11 is 0. The molecular formula is C19H27N3O. The Bertz CT molecular complexity index is 675. The fourth-order valence-electron chi connectivity index (χ4n) is 3.34. The fourth-order valence-corrected chi connectivity index (χ4v) is 3.34. The van der Waals surface area contributed by atoms with Crippen LogP contribution in [0.3, 0.4) is 0 Å². The summed E-state index contributed by atoms with van der Waals surface area (Å²) in [7, 11) is 0. The molecule has 23 heavy (non-hydrogen) atoms. The minimum absolute atomic E-state index is 0.108. The normalized spacial score (nSPS) is 15.7. The predicted octanol–water partition coefficient (Wildman–Crippen LogP) is 3.22. The average molecular weight is 313 g/mol. The molecule has 3 rings (SSSR count). The van der Waals surface area contributed by atoms with E-state index in [0.717, 1.165) is 49.9 Å². The predicted molar refractivity (Wildman–Crippen MR) is 92.3 cm³/mol. The molecule has 0 spiro atoms. The molecule has 0 bridgehead atoms. The Hall–Kier alpha value is -1.65. The first-order chi connectivity index (χ1) is 11.0. The number of fused-ring (bicyclic) bond motifs is 1. The van der Waals surface area contributed by atoms with Crippen LogP contribution in [0.25, 0.3) is 0 Å². The standard InChI is InChI=1S/C19H27N3O/c1-14-18(23-15(2)21-14)11-20-13-19(3,4)22-10-9-16-7-5-6-8-17(16)12-22/h5-8,20H,9-13H2,1-4H3. The van der Waals surface area contributed by atoms with Crippen molar-refractivity contribution in [1.82, 2.24) is 15.2 Å². The van der Waals surface area contributed by atoms with E-state index in [0.29, 0.717) is 0 Å². The van der Waals surface area contributed by atoms with Gasteiger partial charge in [0.05, 0.1) is 12.2 Å². The topological polar surface area (TPSA) is 41.3 Å². The number of oxazole rings is 1. The van der Waals surface area contributed by atoms with Gasteiger partial charge in [0, 0.05) is 32.1 Å². The van der Waals surface area contributed by atoms with Crippen molar-refractivity contribution in [3.8, 4) is 0 Å². The smallest absolute Gasteiger partial charge is 0.191 e. The third kappa shape index (κ3) is 3.65. The van der Waals surface area contributed by atoms with Crippen molar-refractivity contribution >= 4 is 0 Å². The number of benzene rings is 1. The van der Waals surface area contributed by atoms with Gasteiger partial charge in [-0.1, -0.05) is 24.3 Å². The molecule has 0 saturated heterocycles. The first kappa shape index (κ1) is 16.2. The molecule has 4 nitrogen and oxygen atoms in total. The van der Waals surface area contributed by atoms with Crippen LogP contribution in [0.5, 0.6) is 0 Å². The monoisotopic (exact) mass is 313 g/mol. The highest BCUT2D eigenvalue weighted by molar-refractivity contribution is 5.29. The van der Waals surface area contributed by atoms with Gasteiger partial charge in [-0.05, 0) is 38.3 Å². The third-order valence-corrected chi connectivity index (χ3v) is 4.83. The lowest BCUT2D eigenvalue weighted by Gasteiger charge is -2.41. The van der Waals surface area contributed by atoms with Crippen LogP contribution in [0.4, 0.5) is 0 Å². The average Bonchev–Trinajstić information content (AvgIpc) is 2.84. The molecule has 2 aromatic rings. The molecule has 1 aromatic heterocycles. The van der Waals surface area contributed by atoms with Gasteiger partial charge in [-0.2, -0.15) is 0 Å². The molecule has 0 atom stereocenters. The van der Waals surface area contributed by atoms with Gasteiger partial charge in [-0.15, -0.1) is 0 Å². The molecular weight excluding hydrogens is 286 g/mol. The Morgan fingerprint density at radius 2 is 1.96 bits per heavy atom. The molecule has 0 amide bonds. The van der Waals surface area contributed by atoms with Crippen LogP contribution < -0.4 is 5.32 Å². The molecule has 1 aromatic carbocycles. The second-order valence-electron chi connectivity index (χ2n) is 7.10. The summed E-state index contributed by atoms with van der Waals surface area (Å²) in [5, 5.41) is 3.54. The van der Waals surface area contributed by atoms with Gasteiger partial charge < -0.3 is 9.73 Å². The molecule has 124 valence electrons. The van der Waals surface area contributed by atoms with Gasteiger partial charge in [0.15, 0.2) is 5.89 Å². The van der Waals surface area contributed by atoms with Crippen LogP contribution in [-0.2, 0) is 19.5 Å². The summed E-state index contributed by atoms with van der Waals surface area (Å²) in [6, 6.07) is 8.80. The number of aromatic nitrogens is 1. The van der Waals surface area contributed by atoms with Crippen molar-refractivity contribution in [1.29, 1.82) is 0 Å². The van der Waals surface area contributed by atoms with Gasteiger partial charge in [0.25, 0.3) is 0 Å². The van der Waals surface area contributed by atoms with Crippen molar-refractivity contribution in [3.05, 3.63) is 52.7 Å². The van der Waals surface area contributed by atoms with Gasteiger partial charge in [0.2, 0.25) is 0 Å². The van der Waals surface area contributed by atoms with Crippen molar-refractivity contribution < 1.29 is 4.42 Å². The maximum absolute atomic E-state index is 5.63. The Morgan fingerprint density at radius 3 is 2.65 bits per heavy atom. The summed E-state index contributed by atoms with van der Waals surface area (Å²) in [5.74, 6) is 1.69. The lowest BCUT2D eigenvalue weighted by Crippen LogP contribution is -2.52. The van der Waals surface area contributed by atoms with E-state index in [1.54, 1.807) is 0 Å². The van der Waals surface area contributed by atoms with Crippen LogP contribution in [0.2, 0.25) is 0 Å². The highest BCUT2D eigenvalue weighted by Gasteiger charge is 2.29. The summed E-state index contributed by atoms with van der Waals surface area (Å²) in [6.45, 7) is 12.3. The summed E-state index contributed by atoms with van der Waals surface area (Å²) < 4.78 is 5.63. The SMILES string of the molecule is Cc1nc(C)c(CNCC(C)(C)N2CCc3ccccc3C2)o1. The van der Waals surface area contributed by atoms with E-state index >= 15 is 0 Å². The van der Waals surface area contributed by atoms with Gasteiger partial charge in [-0.25, -0.2) is 4.98 Å². The fraction of sp³-hybridized carbons (Fsp3) is 0.526. The zero-order valence-corrected chi connectivity index (χ0v) is 14.6. The highest BCUT2D eigenvalue weighted by atomic mass is 16.4. The van der Waals surface area contributed by atoms with Crippen molar-refractivity contribution in [3.63, 3.8) is 0 Å². The van der Waals surface area contributed by atoms with Gasteiger partial charge in [0.1, 0.15) is 5.76 Å². The highest BCUT2D eigenvalue weighted by Crippen LogP contribution is 2.25. The van der Waals surface area contributed by atoms with Crippen LogP contribution in [0.1, 0.15) is 42.3 Å². The van der Waals surface area contributed by atoms with Crippen molar-refractivity contribution in [2.24, 2.45) is 0 Å². The number of nitrogens with zero attached hydrogens (tertiary/aromatic N) is 2. The summed E-state index contributed by atoms with van der Waals surface area (Å²) in [6.07, 6.45) is 1.14. The maximum Gasteiger partial charge on any atom is 0.191 e. The molecule has 0 radical (unpaired) electrons. The first-order valence-electron chi connectivity index (χ1n) is 8.41. The Kier molecular flexibility index (Phi) is 4.55. The molecule has 0 aliphatic carbocycles. The second-order valence-corrected chi connectivity index (χ2v) is 7.10. The van der Waals surface area contributed by atoms with E-state index in [1.165, 1.54) is 11.1 Å². The summed E-state index contributed by atoms with van der Waals surface area (Å²) in [5.41, 5.74) is 4.06. The third-order valence-electron chi connectivity index (χ3n) is 4.83. The zero-order valence-electron chi connectivity index (χ0n) is 14.6. The molecule has 0 unspecified atom stereocenters. The van der Waals surface area contributed by atoms with E-state index < -0.39 is 0 Å². The number of hydrogen-bond acceptors (Lipinski definition) is 4. The van der Waals surface area contributed by atoms with Gasteiger partial charge >= 0.3 is 0 Å². The van der Waals surface area contributed by atoms with E-state index in [4.69, 9.17) is 4.42 Å². The van der Waals surface area contributed by atoms with E-state index in [9.17, 15) is 0 Å². The van der Waals surface area contributed by atoms with Crippen LogP contribution in [0.15, 0.2) is 28.7 Å². The number of nitrogens with one attached hydrogen (secondary N) is 1. The maximum atomic E-state index is 5.63. The lowest BCUT2D eigenvalue weighted by atomic mass is 9.94. The minimum atomic E-state index is 0.108. The Labute approximate surface area is 138 Å². The molecule has 0 fully saturated rings. The van der Waals surface area contributed by atoms with Crippen LogP contribution in [-0.4, -0.2) is 28.5 Å². The van der Waals surface area contributed by atoms with E-state index in [2.05, 4.69) is 53.3 Å². The van der Waals surface area contributed by atoms with Gasteiger partial charge in [-0.3, -0.25) is 4.90 Å². The first-order valence-corrected chi connectivity index (χ1v) is 8.41. The lowest BCUT2D eigenvalue weighted by molar-refractivity contribution is 0.102. The van der Waals surface area contributed by atoms with Crippen LogP contribution >= 0.6 is 0 Å². The van der Waals surface area contributed by atoms with Crippen molar-refractivity contribution in [2.45, 2.75) is 52.7 Å². The number of aryl methyl sites for hydroxylation is 2. The summed E-state index contributed by atoms with van der Waals surface area (Å²) in [4.78, 5) is 6.89. The van der Waals surface area contributed by atoms with Crippen molar-refractivity contribution in [2.75, 3.05) is 13.1 Å². The molecule has 0 saturated carbocycles.